The van der Waals surface area contributed by atoms with Crippen LogP contribution in [0.15, 0.2) is 54.6 Å². The maximum Gasteiger partial charge on any atom is 0.338 e. The number of nitrogens with zero attached hydrogens (tertiary/aromatic N) is 1. The van der Waals surface area contributed by atoms with Gasteiger partial charge in [0.25, 0.3) is 5.91 Å². The van der Waals surface area contributed by atoms with E-state index in [-0.39, 0.29) is 25.1 Å². The number of hydrogen-bond donors (Lipinski definition) is 3. The number of rotatable bonds is 7. The van der Waals surface area contributed by atoms with Crippen molar-refractivity contribution in [3.63, 3.8) is 0 Å². The van der Waals surface area contributed by atoms with E-state index in [0.717, 1.165) is 5.56 Å². The molecule has 2 aromatic carbocycles. The molecular formula is C18H21N3O4. The molecule has 0 aromatic heterocycles. The first-order valence-electron chi connectivity index (χ1n) is 7.83. The number of urea groups is 1. The van der Waals surface area contributed by atoms with E-state index in [1.54, 1.807) is 24.3 Å². The monoisotopic (exact) mass is 343 g/mol. The highest BCUT2D eigenvalue weighted by molar-refractivity contribution is 5.94. The Kier molecular flexibility index (Phi) is 6.36. The molecule has 3 amide bonds. The summed E-state index contributed by atoms with van der Waals surface area (Å²) < 4.78 is 5.85. The summed E-state index contributed by atoms with van der Waals surface area (Å²) in [4.78, 5) is 22.6. The fourth-order valence-corrected chi connectivity index (χ4v) is 2.17. The molecule has 1 atom stereocenters. The quantitative estimate of drug-likeness (QED) is 0.530. The van der Waals surface area contributed by atoms with Crippen LogP contribution in [0.5, 0.6) is 5.75 Å². The normalized spacial score (nSPS) is 11.4. The van der Waals surface area contributed by atoms with Gasteiger partial charge >= 0.3 is 6.03 Å². The Morgan fingerprint density at radius 3 is 2.40 bits per heavy atom. The van der Waals surface area contributed by atoms with Gasteiger partial charge in [0, 0.05) is 12.1 Å². The summed E-state index contributed by atoms with van der Waals surface area (Å²) in [6.45, 7) is 1.95. The fraction of sp³-hybridized carbons (Fsp3) is 0.222. The van der Waals surface area contributed by atoms with Crippen molar-refractivity contribution in [3.05, 3.63) is 65.7 Å². The molecule has 2 aromatic rings. The van der Waals surface area contributed by atoms with E-state index in [2.05, 4.69) is 5.32 Å². The Labute approximate surface area is 146 Å². The number of benzene rings is 2. The number of carbonyl (C=O) groups excluding carboxylic acids is 2. The van der Waals surface area contributed by atoms with Crippen LogP contribution >= 0.6 is 0 Å². The second-order valence-corrected chi connectivity index (χ2v) is 5.41. The highest BCUT2D eigenvalue weighted by atomic mass is 16.5. The largest absolute Gasteiger partial charge is 0.486 e. The smallest absolute Gasteiger partial charge is 0.338 e. The molecule has 4 N–H and O–H groups in total. The van der Waals surface area contributed by atoms with Gasteiger partial charge in [0.05, 0.1) is 6.54 Å². The van der Waals surface area contributed by atoms with Gasteiger partial charge in [-0.1, -0.05) is 30.3 Å². The summed E-state index contributed by atoms with van der Waals surface area (Å²) in [7, 11) is 0. The van der Waals surface area contributed by atoms with Crippen molar-refractivity contribution in [1.29, 1.82) is 0 Å². The molecule has 0 radical (unpaired) electrons. The lowest BCUT2D eigenvalue weighted by molar-refractivity contribution is -0.0376. The third kappa shape index (κ3) is 5.50. The fourth-order valence-electron chi connectivity index (χ4n) is 2.17. The predicted molar refractivity (Wildman–Crippen MR) is 92.3 cm³/mol. The third-order valence-electron chi connectivity index (χ3n) is 3.56. The van der Waals surface area contributed by atoms with Crippen LogP contribution in [-0.4, -0.2) is 35.3 Å². The number of primary amides is 1. The number of hydroxylamine groups is 2. The summed E-state index contributed by atoms with van der Waals surface area (Å²) in [5.41, 5.74) is 6.38. The molecule has 7 heteroatoms. The van der Waals surface area contributed by atoms with E-state index < -0.39 is 6.03 Å². The minimum absolute atomic E-state index is 0.0849. The molecule has 0 spiro atoms. The average Bonchev–Trinajstić information content (AvgIpc) is 2.62. The molecule has 0 heterocycles. The Hall–Kier alpha value is -3.06. The number of hydrogen-bond acceptors (Lipinski definition) is 4. The van der Waals surface area contributed by atoms with Gasteiger partial charge in [-0.15, -0.1) is 0 Å². The minimum atomic E-state index is -0.969. The molecule has 0 aliphatic rings. The van der Waals surface area contributed by atoms with Gasteiger partial charge in [0.15, 0.2) is 0 Å². The van der Waals surface area contributed by atoms with Crippen molar-refractivity contribution in [2.24, 2.45) is 5.73 Å². The third-order valence-corrected chi connectivity index (χ3v) is 3.56. The molecule has 0 saturated heterocycles. The van der Waals surface area contributed by atoms with Crippen LogP contribution in [0, 0.1) is 0 Å². The van der Waals surface area contributed by atoms with Gasteiger partial charge < -0.3 is 15.8 Å². The lowest BCUT2D eigenvalue weighted by Gasteiger charge is -2.15. The van der Waals surface area contributed by atoms with Crippen LogP contribution in [0.3, 0.4) is 0 Å². The first kappa shape index (κ1) is 18.3. The summed E-state index contributed by atoms with van der Waals surface area (Å²) in [6, 6.07) is 15.6. The molecular weight excluding hydrogens is 322 g/mol. The van der Waals surface area contributed by atoms with E-state index >= 15 is 0 Å². The number of carbonyl (C=O) groups is 2. The number of ether oxygens (including phenoxy) is 1. The first-order chi connectivity index (χ1) is 12.0. The zero-order valence-corrected chi connectivity index (χ0v) is 13.9. The van der Waals surface area contributed by atoms with E-state index in [1.165, 1.54) is 0 Å². The average molecular weight is 343 g/mol. The van der Waals surface area contributed by atoms with Crippen LogP contribution in [-0.2, 0) is 0 Å². The van der Waals surface area contributed by atoms with E-state index in [4.69, 9.17) is 15.7 Å². The van der Waals surface area contributed by atoms with Crippen molar-refractivity contribution in [3.8, 4) is 5.75 Å². The van der Waals surface area contributed by atoms with Crippen LogP contribution in [0.4, 0.5) is 4.79 Å². The van der Waals surface area contributed by atoms with Crippen LogP contribution in [0.1, 0.15) is 28.9 Å². The van der Waals surface area contributed by atoms with Gasteiger partial charge in [0.1, 0.15) is 11.9 Å². The van der Waals surface area contributed by atoms with Crippen molar-refractivity contribution >= 4 is 11.9 Å². The van der Waals surface area contributed by atoms with Gasteiger partial charge in [0.2, 0.25) is 0 Å². The molecule has 7 nitrogen and oxygen atoms in total. The number of nitrogens with one attached hydrogen (secondary N) is 1. The zero-order valence-electron chi connectivity index (χ0n) is 13.9. The number of amides is 3. The standard InChI is InChI=1S/C18H21N3O4/c1-13(14-5-3-2-4-6-14)25-16-9-7-15(8-10-16)17(22)20-11-12-21(24)18(19)23/h2-10,13,24H,11-12H2,1H3,(H2,19,23)(H,20,22). The molecule has 0 saturated carbocycles. The Bertz CT molecular complexity index is 704. The molecule has 0 fully saturated rings. The SMILES string of the molecule is CC(Oc1ccc(C(=O)NCCN(O)C(N)=O)cc1)c1ccccc1. The topological polar surface area (TPSA) is 105 Å². The van der Waals surface area contributed by atoms with Gasteiger partial charge in [-0.05, 0) is 36.8 Å². The zero-order chi connectivity index (χ0) is 18.2. The maximum absolute atomic E-state index is 12.0. The second-order valence-electron chi connectivity index (χ2n) is 5.41. The Morgan fingerprint density at radius 2 is 1.80 bits per heavy atom. The summed E-state index contributed by atoms with van der Waals surface area (Å²) in [5, 5.41) is 12.0. The van der Waals surface area contributed by atoms with E-state index in [1.807, 2.05) is 37.3 Å². The highest BCUT2D eigenvalue weighted by Gasteiger charge is 2.10. The summed E-state index contributed by atoms with van der Waals surface area (Å²) >= 11 is 0. The molecule has 0 aliphatic heterocycles. The molecule has 2 rings (SSSR count). The molecule has 25 heavy (non-hydrogen) atoms. The predicted octanol–water partition coefficient (Wildman–Crippen LogP) is 2.33. The van der Waals surface area contributed by atoms with E-state index in [9.17, 15) is 9.59 Å². The summed E-state index contributed by atoms with van der Waals surface area (Å²) in [6.07, 6.45) is -0.106. The molecule has 1 unspecified atom stereocenters. The lowest BCUT2D eigenvalue weighted by atomic mass is 10.1. The Balaban J connectivity index is 1.86. The van der Waals surface area contributed by atoms with Crippen molar-refractivity contribution < 1.29 is 19.5 Å². The van der Waals surface area contributed by atoms with Crippen molar-refractivity contribution in [1.82, 2.24) is 10.4 Å². The van der Waals surface area contributed by atoms with Gasteiger partial charge in [-0.2, -0.15) is 0 Å². The molecule has 0 bridgehead atoms. The second kappa shape index (κ2) is 8.70. The summed E-state index contributed by atoms with van der Waals surface area (Å²) in [5.74, 6) is 0.337. The van der Waals surface area contributed by atoms with E-state index in [0.29, 0.717) is 16.4 Å². The highest BCUT2D eigenvalue weighted by Crippen LogP contribution is 2.21. The molecule has 0 aliphatic carbocycles. The first-order valence-corrected chi connectivity index (χ1v) is 7.83. The van der Waals surface area contributed by atoms with Crippen LogP contribution in [0.25, 0.3) is 0 Å². The van der Waals surface area contributed by atoms with Gasteiger partial charge in [-0.3, -0.25) is 10.0 Å². The van der Waals surface area contributed by atoms with Crippen molar-refractivity contribution in [2.75, 3.05) is 13.1 Å². The lowest BCUT2D eigenvalue weighted by Crippen LogP contribution is -2.39. The maximum atomic E-state index is 12.0. The minimum Gasteiger partial charge on any atom is -0.486 e. The molecule has 132 valence electrons. The van der Waals surface area contributed by atoms with Crippen molar-refractivity contribution in [2.45, 2.75) is 13.0 Å². The Morgan fingerprint density at radius 1 is 1.16 bits per heavy atom. The van der Waals surface area contributed by atoms with Crippen LogP contribution in [0.2, 0.25) is 0 Å². The number of nitrogens with two attached hydrogens (primary N) is 1. The van der Waals surface area contributed by atoms with Crippen LogP contribution < -0.4 is 15.8 Å². The van der Waals surface area contributed by atoms with Gasteiger partial charge in [-0.25, -0.2) is 9.86 Å².